The van der Waals surface area contributed by atoms with Gasteiger partial charge in [0.15, 0.2) is 5.16 Å². The Labute approximate surface area is 157 Å². The number of nitrogen functional groups attached to an aromatic ring is 1. The lowest BCUT2D eigenvalue weighted by atomic mass is 9.89. The third kappa shape index (κ3) is 4.44. The fourth-order valence-corrected chi connectivity index (χ4v) is 5.23. The number of aryl methyl sites for hydroxylation is 1. The van der Waals surface area contributed by atoms with Gasteiger partial charge in [0.25, 0.3) is 0 Å². The molecule has 1 aliphatic rings. The Balaban J connectivity index is 1.68. The van der Waals surface area contributed by atoms with E-state index in [1.54, 1.807) is 11.3 Å². The minimum absolute atomic E-state index is 0.0206. The standard InChI is InChI=1S/C18H26N4OS2/c1-10(2)6-7-20-14(23)9-24-18-21-16(19)15-12-5-4-11(3)8-13(12)25-17(15)22-18/h10-11H,4-9H2,1-3H3,(H,20,23)(H2,19,21,22). The molecule has 2 aromatic heterocycles. The van der Waals surface area contributed by atoms with Gasteiger partial charge in [-0.3, -0.25) is 4.79 Å². The molecule has 1 amide bonds. The summed E-state index contributed by atoms with van der Waals surface area (Å²) in [6.07, 6.45) is 4.36. The molecule has 25 heavy (non-hydrogen) atoms. The number of fused-ring (bicyclic) bond motifs is 3. The van der Waals surface area contributed by atoms with Crippen molar-refractivity contribution in [2.24, 2.45) is 11.8 Å². The normalized spacial score (nSPS) is 17.0. The first-order valence-electron chi connectivity index (χ1n) is 8.91. The molecular formula is C18H26N4OS2. The number of hydrogen-bond donors (Lipinski definition) is 2. The van der Waals surface area contributed by atoms with Crippen molar-refractivity contribution < 1.29 is 4.79 Å². The maximum atomic E-state index is 11.9. The lowest BCUT2D eigenvalue weighted by Gasteiger charge is -2.17. The lowest BCUT2D eigenvalue weighted by Crippen LogP contribution is -2.27. The van der Waals surface area contributed by atoms with Crippen molar-refractivity contribution in [2.75, 3.05) is 18.0 Å². The number of nitrogens with zero attached hydrogens (tertiary/aromatic N) is 2. The fraction of sp³-hybridized carbons (Fsp3) is 0.611. The van der Waals surface area contributed by atoms with Crippen molar-refractivity contribution >= 4 is 45.0 Å². The highest BCUT2D eigenvalue weighted by atomic mass is 32.2. The molecule has 136 valence electrons. The van der Waals surface area contributed by atoms with Crippen molar-refractivity contribution in [3.63, 3.8) is 0 Å². The number of nitrogens with two attached hydrogens (primary N) is 1. The lowest BCUT2D eigenvalue weighted by molar-refractivity contribution is -0.118. The summed E-state index contributed by atoms with van der Waals surface area (Å²) >= 11 is 3.09. The van der Waals surface area contributed by atoms with Crippen molar-refractivity contribution in [1.29, 1.82) is 0 Å². The number of rotatable bonds is 6. The quantitative estimate of drug-likeness (QED) is 0.592. The Morgan fingerprint density at radius 1 is 1.44 bits per heavy atom. The van der Waals surface area contributed by atoms with E-state index in [0.29, 0.717) is 22.6 Å². The van der Waals surface area contributed by atoms with Crippen LogP contribution in [0.5, 0.6) is 0 Å². The molecule has 0 aliphatic heterocycles. The molecule has 3 N–H and O–H groups in total. The molecule has 0 aromatic carbocycles. The first-order chi connectivity index (χ1) is 11.9. The largest absolute Gasteiger partial charge is 0.383 e. The molecular weight excluding hydrogens is 352 g/mol. The maximum absolute atomic E-state index is 11.9. The van der Waals surface area contributed by atoms with Gasteiger partial charge in [0.1, 0.15) is 10.6 Å². The van der Waals surface area contributed by atoms with Gasteiger partial charge in [-0.2, -0.15) is 0 Å². The summed E-state index contributed by atoms with van der Waals surface area (Å²) < 4.78 is 0. The van der Waals surface area contributed by atoms with Gasteiger partial charge < -0.3 is 11.1 Å². The Morgan fingerprint density at radius 3 is 3.00 bits per heavy atom. The minimum Gasteiger partial charge on any atom is -0.383 e. The van der Waals surface area contributed by atoms with Gasteiger partial charge in [-0.05, 0) is 43.1 Å². The van der Waals surface area contributed by atoms with Crippen LogP contribution in [-0.2, 0) is 17.6 Å². The van der Waals surface area contributed by atoms with E-state index in [-0.39, 0.29) is 5.91 Å². The first kappa shape index (κ1) is 18.5. The summed E-state index contributed by atoms with van der Waals surface area (Å²) in [6.45, 7) is 7.30. The summed E-state index contributed by atoms with van der Waals surface area (Å²) in [5.74, 6) is 2.21. The second kappa shape index (κ2) is 7.91. The number of hydrogen-bond acceptors (Lipinski definition) is 6. The van der Waals surface area contributed by atoms with Gasteiger partial charge in [-0.25, -0.2) is 9.97 Å². The molecule has 1 aliphatic carbocycles. The van der Waals surface area contributed by atoms with Crippen LogP contribution < -0.4 is 11.1 Å². The molecule has 0 radical (unpaired) electrons. The van der Waals surface area contributed by atoms with E-state index < -0.39 is 0 Å². The molecule has 1 unspecified atom stereocenters. The van der Waals surface area contributed by atoms with Crippen molar-refractivity contribution in [1.82, 2.24) is 15.3 Å². The van der Waals surface area contributed by atoms with E-state index in [4.69, 9.17) is 5.73 Å². The van der Waals surface area contributed by atoms with E-state index >= 15 is 0 Å². The molecule has 2 heterocycles. The van der Waals surface area contributed by atoms with Gasteiger partial charge in [0.2, 0.25) is 5.91 Å². The average Bonchev–Trinajstić information content (AvgIpc) is 2.90. The summed E-state index contributed by atoms with van der Waals surface area (Å²) in [7, 11) is 0. The maximum Gasteiger partial charge on any atom is 0.230 e. The van der Waals surface area contributed by atoms with Crippen molar-refractivity contribution in [2.45, 2.75) is 51.6 Å². The van der Waals surface area contributed by atoms with Crippen LogP contribution in [0.3, 0.4) is 0 Å². The summed E-state index contributed by atoms with van der Waals surface area (Å²) in [5, 5.41) is 4.57. The summed E-state index contributed by atoms with van der Waals surface area (Å²) in [4.78, 5) is 23.4. The van der Waals surface area contributed by atoms with Crippen LogP contribution in [0.4, 0.5) is 5.82 Å². The van der Waals surface area contributed by atoms with E-state index in [2.05, 4.69) is 36.1 Å². The monoisotopic (exact) mass is 378 g/mol. The Morgan fingerprint density at radius 2 is 2.24 bits per heavy atom. The van der Waals surface area contributed by atoms with E-state index in [9.17, 15) is 4.79 Å². The van der Waals surface area contributed by atoms with Crippen LogP contribution in [0.25, 0.3) is 10.2 Å². The zero-order valence-electron chi connectivity index (χ0n) is 15.1. The van der Waals surface area contributed by atoms with Crippen LogP contribution in [-0.4, -0.2) is 28.2 Å². The van der Waals surface area contributed by atoms with E-state index in [1.165, 1.54) is 28.6 Å². The van der Waals surface area contributed by atoms with Gasteiger partial charge in [0, 0.05) is 11.4 Å². The van der Waals surface area contributed by atoms with E-state index in [1.807, 2.05) is 0 Å². The predicted octanol–water partition coefficient (Wildman–Crippen LogP) is 3.65. The molecule has 1 atom stereocenters. The number of nitrogens with one attached hydrogen (secondary N) is 1. The number of thioether (sulfide) groups is 1. The Hall–Kier alpha value is -1.34. The SMILES string of the molecule is CC(C)CCNC(=O)CSc1nc(N)c2c3c(sc2n1)CC(C)CC3. The number of carbonyl (C=O) groups is 1. The van der Waals surface area contributed by atoms with Gasteiger partial charge >= 0.3 is 0 Å². The predicted molar refractivity (Wildman–Crippen MR) is 106 cm³/mol. The molecule has 5 nitrogen and oxygen atoms in total. The van der Waals surface area contributed by atoms with Crippen LogP contribution >= 0.6 is 23.1 Å². The summed E-state index contributed by atoms with van der Waals surface area (Å²) in [6, 6.07) is 0. The highest BCUT2D eigenvalue weighted by Gasteiger charge is 2.23. The van der Waals surface area contributed by atoms with Gasteiger partial charge in [-0.15, -0.1) is 11.3 Å². The Bertz CT molecular complexity index is 772. The molecule has 7 heteroatoms. The first-order valence-corrected chi connectivity index (χ1v) is 10.7. The van der Waals surface area contributed by atoms with Crippen LogP contribution in [0.2, 0.25) is 0 Å². The fourth-order valence-electron chi connectivity index (χ4n) is 3.10. The minimum atomic E-state index is 0.0206. The number of amides is 1. The molecule has 3 rings (SSSR count). The second-order valence-corrected chi connectivity index (χ2v) is 9.27. The van der Waals surface area contributed by atoms with Crippen molar-refractivity contribution in [3.8, 4) is 0 Å². The Kier molecular flexibility index (Phi) is 5.84. The number of aromatic nitrogens is 2. The average molecular weight is 379 g/mol. The van der Waals surface area contributed by atoms with Crippen LogP contribution in [0.1, 0.15) is 44.1 Å². The molecule has 0 bridgehead atoms. The molecule has 0 fully saturated rings. The third-order valence-electron chi connectivity index (χ3n) is 4.54. The number of carbonyl (C=O) groups excluding carboxylic acids is 1. The molecule has 0 saturated carbocycles. The third-order valence-corrected chi connectivity index (χ3v) is 6.53. The highest BCUT2D eigenvalue weighted by Crippen LogP contribution is 2.39. The molecule has 0 spiro atoms. The van der Waals surface area contributed by atoms with Crippen LogP contribution in [0.15, 0.2) is 5.16 Å². The zero-order valence-corrected chi connectivity index (χ0v) is 16.7. The summed E-state index contributed by atoms with van der Waals surface area (Å²) in [5.41, 5.74) is 7.57. The zero-order chi connectivity index (χ0) is 18.0. The highest BCUT2D eigenvalue weighted by molar-refractivity contribution is 7.99. The topological polar surface area (TPSA) is 80.9 Å². The number of thiophene rings is 1. The second-order valence-electron chi connectivity index (χ2n) is 7.24. The van der Waals surface area contributed by atoms with E-state index in [0.717, 1.165) is 41.9 Å². The number of anilines is 1. The van der Waals surface area contributed by atoms with Gasteiger partial charge in [-0.1, -0.05) is 32.5 Å². The molecule has 0 saturated heterocycles. The smallest absolute Gasteiger partial charge is 0.230 e. The van der Waals surface area contributed by atoms with Crippen molar-refractivity contribution in [3.05, 3.63) is 10.4 Å². The van der Waals surface area contributed by atoms with Crippen LogP contribution in [0, 0.1) is 11.8 Å². The van der Waals surface area contributed by atoms with Gasteiger partial charge in [0.05, 0.1) is 11.1 Å². The molecule has 2 aromatic rings.